The summed E-state index contributed by atoms with van der Waals surface area (Å²) < 4.78 is 38.4. The van der Waals surface area contributed by atoms with E-state index in [1.807, 2.05) is 30.1 Å². The van der Waals surface area contributed by atoms with E-state index in [1.165, 1.54) is 18.2 Å². The fourth-order valence-electron chi connectivity index (χ4n) is 3.14. The molecule has 2 heterocycles. The number of hydrogen-bond donors (Lipinski definition) is 2. The summed E-state index contributed by atoms with van der Waals surface area (Å²) in [5.41, 5.74) is 0.460. The Morgan fingerprint density at radius 2 is 1.94 bits per heavy atom. The molecular formula is C23H23F3N4O2. The van der Waals surface area contributed by atoms with Crippen LogP contribution in [-0.4, -0.2) is 34.4 Å². The minimum atomic E-state index is -4.46. The Labute approximate surface area is 183 Å². The normalized spacial score (nSPS) is 11.5. The number of pyridine rings is 2. The molecule has 2 aromatic heterocycles. The zero-order valence-corrected chi connectivity index (χ0v) is 17.4. The molecule has 6 nitrogen and oxygen atoms in total. The lowest BCUT2D eigenvalue weighted by atomic mass is 10.1. The van der Waals surface area contributed by atoms with Gasteiger partial charge < -0.3 is 15.2 Å². The zero-order chi connectivity index (χ0) is 23.1. The van der Waals surface area contributed by atoms with E-state index in [-0.39, 0.29) is 17.7 Å². The topological polar surface area (TPSA) is 78.1 Å². The number of carbonyl (C=O) groups is 1. The third-order valence-electron chi connectivity index (χ3n) is 4.84. The molecule has 0 unspecified atom stereocenters. The predicted molar refractivity (Wildman–Crippen MR) is 114 cm³/mol. The first-order chi connectivity index (χ1) is 15.2. The van der Waals surface area contributed by atoms with Gasteiger partial charge in [-0.3, -0.25) is 14.6 Å². The summed E-state index contributed by atoms with van der Waals surface area (Å²) in [4.78, 5) is 33.7. The Bertz CT molecular complexity index is 1110. The van der Waals surface area contributed by atoms with Crippen LogP contribution in [0.25, 0.3) is 0 Å². The van der Waals surface area contributed by atoms with Crippen molar-refractivity contribution in [1.29, 1.82) is 0 Å². The molecule has 0 aliphatic carbocycles. The largest absolute Gasteiger partial charge is 0.416 e. The van der Waals surface area contributed by atoms with Gasteiger partial charge in [0.25, 0.3) is 11.5 Å². The van der Waals surface area contributed by atoms with Gasteiger partial charge in [-0.2, -0.15) is 13.2 Å². The summed E-state index contributed by atoms with van der Waals surface area (Å²) >= 11 is 0. The number of nitrogens with zero attached hydrogens (tertiary/aromatic N) is 2. The van der Waals surface area contributed by atoms with Crippen LogP contribution in [-0.2, 0) is 25.7 Å². The molecule has 0 radical (unpaired) electrons. The lowest BCUT2D eigenvalue weighted by Gasteiger charge is -2.16. The highest BCUT2D eigenvalue weighted by molar-refractivity contribution is 5.93. The van der Waals surface area contributed by atoms with Crippen LogP contribution in [0.4, 0.5) is 13.2 Å². The number of benzene rings is 1. The highest BCUT2D eigenvalue weighted by Gasteiger charge is 2.30. The van der Waals surface area contributed by atoms with Crippen molar-refractivity contribution in [1.82, 2.24) is 20.2 Å². The van der Waals surface area contributed by atoms with Crippen LogP contribution in [0.5, 0.6) is 0 Å². The van der Waals surface area contributed by atoms with Crippen LogP contribution in [0, 0.1) is 0 Å². The van der Waals surface area contributed by atoms with Gasteiger partial charge in [0.2, 0.25) is 0 Å². The standard InChI is InChI=1S/C23H23F3N4O2/c1-30(12-10-18-7-2-3-11-27-18)15-19-8-9-20(22(32)29-19)21(31)28-14-16-5-4-6-17(13-16)23(24,25)26/h2-9,11,13H,10,12,14-15H2,1H3,(H,28,31)(H,29,32). The summed E-state index contributed by atoms with van der Waals surface area (Å²) in [5, 5.41) is 2.49. The smallest absolute Gasteiger partial charge is 0.348 e. The molecule has 0 aliphatic heterocycles. The molecule has 1 amide bonds. The van der Waals surface area contributed by atoms with E-state index in [0.29, 0.717) is 12.2 Å². The number of nitrogens with one attached hydrogen (secondary N) is 2. The molecule has 168 valence electrons. The van der Waals surface area contributed by atoms with E-state index in [1.54, 1.807) is 12.3 Å². The van der Waals surface area contributed by atoms with Gasteiger partial charge in [-0.05, 0) is 49.0 Å². The van der Waals surface area contributed by atoms with Crippen LogP contribution in [0.2, 0.25) is 0 Å². The second-order valence-corrected chi connectivity index (χ2v) is 7.42. The maximum atomic E-state index is 12.8. The van der Waals surface area contributed by atoms with Gasteiger partial charge in [-0.25, -0.2) is 0 Å². The predicted octanol–water partition coefficient (Wildman–Crippen LogP) is 3.39. The summed E-state index contributed by atoms with van der Waals surface area (Å²) in [6.07, 6.45) is -1.96. The third kappa shape index (κ3) is 6.52. The molecule has 0 bridgehead atoms. The Morgan fingerprint density at radius 1 is 1.12 bits per heavy atom. The lowest BCUT2D eigenvalue weighted by molar-refractivity contribution is -0.137. The number of carbonyl (C=O) groups excluding carboxylic acids is 1. The van der Waals surface area contributed by atoms with E-state index in [0.717, 1.165) is 30.8 Å². The average molecular weight is 444 g/mol. The highest BCUT2D eigenvalue weighted by atomic mass is 19.4. The quantitative estimate of drug-likeness (QED) is 0.558. The van der Waals surface area contributed by atoms with Crippen LogP contribution in [0.3, 0.4) is 0 Å². The summed E-state index contributed by atoms with van der Waals surface area (Å²) in [6.45, 7) is 1.09. The summed E-state index contributed by atoms with van der Waals surface area (Å²) in [7, 11) is 1.91. The molecule has 1 aromatic carbocycles. The van der Waals surface area contributed by atoms with Crippen molar-refractivity contribution in [2.24, 2.45) is 0 Å². The van der Waals surface area contributed by atoms with E-state index in [2.05, 4.69) is 15.3 Å². The van der Waals surface area contributed by atoms with Gasteiger partial charge in [0.1, 0.15) is 5.56 Å². The van der Waals surface area contributed by atoms with E-state index >= 15 is 0 Å². The number of halogens is 3. The minimum Gasteiger partial charge on any atom is -0.348 e. The van der Waals surface area contributed by atoms with Gasteiger partial charge in [0, 0.05) is 43.6 Å². The van der Waals surface area contributed by atoms with Crippen molar-refractivity contribution < 1.29 is 18.0 Å². The number of aromatic nitrogens is 2. The number of likely N-dealkylation sites (N-methyl/N-ethyl adjacent to an activating group) is 1. The Morgan fingerprint density at radius 3 is 2.62 bits per heavy atom. The van der Waals surface area contributed by atoms with Crippen LogP contribution >= 0.6 is 0 Å². The number of aromatic amines is 1. The third-order valence-corrected chi connectivity index (χ3v) is 4.84. The highest BCUT2D eigenvalue weighted by Crippen LogP contribution is 2.29. The molecule has 3 aromatic rings. The van der Waals surface area contributed by atoms with Gasteiger partial charge >= 0.3 is 6.18 Å². The average Bonchev–Trinajstić information content (AvgIpc) is 2.76. The first-order valence-electron chi connectivity index (χ1n) is 9.97. The molecule has 0 spiro atoms. The first kappa shape index (κ1) is 23.2. The van der Waals surface area contributed by atoms with Crippen molar-refractivity contribution >= 4 is 5.91 Å². The fourth-order valence-corrected chi connectivity index (χ4v) is 3.14. The Kier molecular flexibility index (Phi) is 7.42. The van der Waals surface area contributed by atoms with Crippen molar-refractivity contribution in [2.45, 2.75) is 25.7 Å². The monoisotopic (exact) mass is 444 g/mol. The van der Waals surface area contributed by atoms with Gasteiger partial charge in [0.15, 0.2) is 0 Å². The molecule has 0 fully saturated rings. The summed E-state index contributed by atoms with van der Waals surface area (Å²) in [5.74, 6) is -0.654. The van der Waals surface area contributed by atoms with E-state index < -0.39 is 23.2 Å². The van der Waals surface area contributed by atoms with Gasteiger partial charge in [0.05, 0.1) is 5.56 Å². The van der Waals surface area contributed by atoms with Crippen LogP contribution in [0.15, 0.2) is 65.6 Å². The molecule has 0 atom stereocenters. The van der Waals surface area contributed by atoms with Crippen LogP contribution in [0.1, 0.15) is 32.9 Å². The maximum Gasteiger partial charge on any atom is 0.416 e. The summed E-state index contributed by atoms with van der Waals surface area (Å²) in [6, 6.07) is 13.5. The van der Waals surface area contributed by atoms with Crippen LogP contribution < -0.4 is 10.9 Å². The molecule has 9 heteroatoms. The lowest BCUT2D eigenvalue weighted by Crippen LogP contribution is -2.30. The number of rotatable bonds is 8. The molecule has 3 rings (SSSR count). The minimum absolute atomic E-state index is 0.100. The maximum absolute atomic E-state index is 12.8. The molecule has 0 aliphatic rings. The molecule has 2 N–H and O–H groups in total. The van der Waals surface area contributed by atoms with Crippen molar-refractivity contribution in [3.8, 4) is 0 Å². The number of H-pyrrole nitrogens is 1. The Hall–Kier alpha value is -3.46. The molecular weight excluding hydrogens is 421 g/mol. The molecule has 0 saturated carbocycles. The van der Waals surface area contributed by atoms with E-state index in [9.17, 15) is 22.8 Å². The second-order valence-electron chi connectivity index (χ2n) is 7.42. The second kappa shape index (κ2) is 10.2. The van der Waals surface area contributed by atoms with Crippen molar-refractivity contribution in [3.05, 3.63) is 99.2 Å². The fraction of sp³-hybridized carbons (Fsp3) is 0.261. The molecule has 0 saturated heterocycles. The number of amides is 1. The zero-order valence-electron chi connectivity index (χ0n) is 17.4. The first-order valence-corrected chi connectivity index (χ1v) is 9.97. The number of alkyl halides is 3. The van der Waals surface area contributed by atoms with E-state index in [4.69, 9.17) is 0 Å². The molecule has 32 heavy (non-hydrogen) atoms. The Balaban J connectivity index is 1.56. The van der Waals surface area contributed by atoms with Crippen molar-refractivity contribution in [2.75, 3.05) is 13.6 Å². The SMILES string of the molecule is CN(CCc1ccccn1)Cc1ccc(C(=O)NCc2cccc(C(F)(F)F)c2)c(=O)[nH]1. The van der Waals surface area contributed by atoms with Crippen molar-refractivity contribution in [3.63, 3.8) is 0 Å². The van der Waals surface area contributed by atoms with Gasteiger partial charge in [-0.1, -0.05) is 18.2 Å². The number of hydrogen-bond acceptors (Lipinski definition) is 4. The van der Waals surface area contributed by atoms with Gasteiger partial charge in [-0.15, -0.1) is 0 Å².